The number of hydrogen-bond donors (Lipinski definition) is 2. The highest BCUT2D eigenvalue weighted by atomic mass is 16.5. The highest BCUT2D eigenvalue weighted by Gasteiger charge is 2.16. The number of furan rings is 1. The molecule has 3 aromatic carbocycles. The van der Waals surface area contributed by atoms with Crippen molar-refractivity contribution in [2.75, 3.05) is 11.9 Å². The third-order valence-electron chi connectivity index (χ3n) is 5.42. The number of rotatable bonds is 10. The van der Waals surface area contributed by atoms with Crippen LogP contribution in [0.4, 0.5) is 5.69 Å². The second-order valence-corrected chi connectivity index (χ2v) is 8.09. The summed E-state index contributed by atoms with van der Waals surface area (Å²) in [5.41, 5.74) is 2.13. The maximum Gasteiger partial charge on any atom is 0.272 e. The first-order valence-electron chi connectivity index (χ1n) is 12.0. The average Bonchev–Trinajstić information content (AvgIpc) is 3.46. The van der Waals surface area contributed by atoms with E-state index in [9.17, 15) is 14.4 Å². The molecule has 190 valence electrons. The molecule has 0 aliphatic rings. The predicted octanol–water partition coefficient (Wildman–Crippen LogP) is 5.98. The van der Waals surface area contributed by atoms with Crippen molar-refractivity contribution in [2.45, 2.75) is 6.92 Å². The van der Waals surface area contributed by atoms with Gasteiger partial charge in [0.05, 0.1) is 12.9 Å². The van der Waals surface area contributed by atoms with Crippen molar-refractivity contribution in [3.05, 3.63) is 131 Å². The first kappa shape index (κ1) is 25.9. The summed E-state index contributed by atoms with van der Waals surface area (Å²) in [6, 6.07) is 25.9. The minimum absolute atomic E-state index is 0.00449. The van der Waals surface area contributed by atoms with Gasteiger partial charge in [-0.15, -0.1) is 0 Å². The molecular formula is C31H26N2O5. The molecule has 2 amide bonds. The number of anilines is 1. The van der Waals surface area contributed by atoms with Crippen LogP contribution in [-0.2, 0) is 4.79 Å². The molecule has 0 aliphatic carbocycles. The Labute approximate surface area is 220 Å². The van der Waals surface area contributed by atoms with Crippen LogP contribution in [0.3, 0.4) is 0 Å². The second-order valence-electron chi connectivity index (χ2n) is 8.09. The Morgan fingerprint density at radius 3 is 2.29 bits per heavy atom. The highest BCUT2D eigenvalue weighted by molar-refractivity contribution is 6.11. The maximum atomic E-state index is 13.0. The molecular weight excluding hydrogens is 480 g/mol. The number of hydrogen-bond acceptors (Lipinski definition) is 5. The summed E-state index contributed by atoms with van der Waals surface area (Å²) in [5.74, 6) is -0.0610. The Hall–Kier alpha value is -5.17. The lowest BCUT2D eigenvalue weighted by molar-refractivity contribution is -0.113. The molecule has 0 radical (unpaired) electrons. The van der Waals surface area contributed by atoms with Gasteiger partial charge in [-0.2, -0.15) is 0 Å². The number of ketones is 1. The van der Waals surface area contributed by atoms with Crippen molar-refractivity contribution < 1.29 is 23.5 Å². The van der Waals surface area contributed by atoms with Gasteiger partial charge >= 0.3 is 0 Å². The molecule has 0 saturated heterocycles. The van der Waals surface area contributed by atoms with E-state index in [1.807, 2.05) is 31.2 Å². The van der Waals surface area contributed by atoms with E-state index in [0.717, 1.165) is 5.56 Å². The van der Waals surface area contributed by atoms with Crippen LogP contribution >= 0.6 is 0 Å². The average molecular weight is 507 g/mol. The summed E-state index contributed by atoms with van der Waals surface area (Å²) in [5, 5.41) is 5.39. The van der Waals surface area contributed by atoms with Gasteiger partial charge in [0, 0.05) is 28.5 Å². The third-order valence-corrected chi connectivity index (χ3v) is 5.42. The molecule has 1 aromatic heterocycles. The Kier molecular flexibility index (Phi) is 8.65. The lowest BCUT2D eigenvalue weighted by Gasteiger charge is -2.11. The van der Waals surface area contributed by atoms with Crippen LogP contribution in [0.2, 0.25) is 0 Å². The van der Waals surface area contributed by atoms with Gasteiger partial charge in [-0.25, -0.2) is 0 Å². The van der Waals surface area contributed by atoms with Crippen molar-refractivity contribution in [1.82, 2.24) is 5.32 Å². The summed E-state index contributed by atoms with van der Waals surface area (Å²) in [4.78, 5) is 38.4. The zero-order chi connectivity index (χ0) is 26.7. The van der Waals surface area contributed by atoms with E-state index in [2.05, 4.69) is 10.6 Å². The van der Waals surface area contributed by atoms with Crippen molar-refractivity contribution in [1.29, 1.82) is 0 Å². The number of carbonyl (C=O) groups is 3. The molecule has 0 saturated carbocycles. The predicted molar refractivity (Wildman–Crippen MR) is 147 cm³/mol. The number of para-hydroxylation sites is 1. The van der Waals surface area contributed by atoms with Crippen molar-refractivity contribution in [3.8, 4) is 5.75 Å². The van der Waals surface area contributed by atoms with Gasteiger partial charge in [0.1, 0.15) is 17.2 Å². The normalized spacial score (nSPS) is 11.2. The number of amides is 2. The van der Waals surface area contributed by atoms with E-state index in [1.165, 1.54) is 18.4 Å². The fourth-order valence-corrected chi connectivity index (χ4v) is 3.54. The lowest BCUT2D eigenvalue weighted by atomic mass is 10.1. The first-order valence-corrected chi connectivity index (χ1v) is 12.0. The van der Waals surface area contributed by atoms with Gasteiger partial charge in [0.15, 0.2) is 5.78 Å². The smallest absolute Gasteiger partial charge is 0.272 e. The molecule has 38 heavy (non-hydrogen) atoms. The van der Waals surface area contributed by atoms with Gasteiger partial charge in [-0.1, -0.05) is 36.4 Å². The zero-order valence-electron chi connectivity index (χ0n) is 20.7. The molecule has 0 fully saturated rings. The van der Waals surface area contributed by atoms with E-state index in [0.29, 0.717) is 34.9 Å². The molecule has 7 heteroatoms. The third kappa shape index (κ3) is 6.95. The fraction of sp³-hybridized carbons (Fsp3) is 0.0645. The maximum absolute atomic E-state index is 13.0. The minimum atomic E-state index is -0.544. The van der Waals surface area contributed by atoms with E-state index in [1.54, 1.807) is 72.8 Å². The molecule has 7 nitrogen and oxygen atoms in total. The molecule has 2 N–H and O–H groups in total. The Morgan fingerprint density at radius 1 is 0.842 bits per heavy atom. The second kappa shape index (κ2) is 12.7. The molecule has 0 unspecified atom stereocenters. The number of carbonyl (C=O) groups excluding carboxylic acids is 3. The molecule has 0 bridgehead atoms. The van der Waals surface area contributed by atoms with E-state index < -0.39 is 11.8 Å². The van der Waals surface area contributed by atoms with Gasteiger partial charge in [-0.05, 0) is 73.7 Å². The van der Waals surface area contributed by atoms with Gasteiger partial charge < -0.3 is 19.8 Å². The van der Waals surface area contributed by atoms with Crippen LogP contribution in [0.15, 0.2) is 113 Å². The number of benzene rings is 3. The van der Waals surface area contributed by atoms with Gasteiger partial charge in [0.2, 0.25) is 0 Å². The number of nitrogens with one attached hydrogen (secondary N) is 2. The van der Waals surface area contributed by atoms with Crippen molar-refractivity contribution >= 4 is 35.4 Å². The number of ether oxygens (including phenoxy) is 1. The molecule has 1 heterocycles. The van der Waals surface area contributed by atoms with E-state index >= 15 is 0 Å². The van der Waals surface area contributed by atoms with Crippen molar-refractivity contribution in [3.63, 3.8) is 0 Å². The van der Waals surface area contributed by atoms with Crippen LogP contribution in [0.1, 0.15) is 39.0 Å². The summed E-state index contributed by atoms with van der Waals surface area (Å²) >= 11 is 0. The van der Waals surface area contributed by atoms with Crippen LogP contribution < -0.4 is 15.4 Å². The Balaban J connectivity index is 1.45. The summed E-state index contributed by atoms with van der Waals surface area (Å²) in [6.45, 7) is 2.43. The van der Waals surface area contributed by atoms with Crippen LogP contribution in [0.5, 0.6) is 5.75 Å². The monoisotopic (exact) mass is 506 g/mol. The lowest BCUT2D eigenvalue weighted by Crippen LogP contribution is -2.30. The topological polar surface area (TPSA) is 97.6 Å². The largest absolute Gasteiger partial charge is 0.493 e. The van der Waals surface area contributed by atoms with Crippen LogP contribution in [0.25, 0.3) is 12.2 Å². The minimum Gasteiger partial charge on any atom is -0.493 e. The quantitative estimate of drug-likeness (QED) is 0.204. The summed E-state index contributed by atoms with van der Waals surface area (Å²) < 4.78 is 10.9. The molecule has 0 atom stereocenters. The fourth-order valence-electron chi connectivity index (χ4n) is 3.54. The van der Waals surface area contributed by atoms with Gasteiger partial charge in [0.25, 0.3) is 11.8 Å². The standard InChI is InChI=1S/C31H26N2O5/c1-2-37-29-13-7-6-9-23(29)16-19-28(34)22-14-17-25(18-15-22)32-31(36)27(21-26-12-8-20-38-26)33-30(35)24-10-4-3-5-11-24/h3-21H,2H2,1H3,(H,32,36)(H,33,35)/b19-16+,27-21-. The Morgan fingerprint density at radius 2 is 1.58 bits per heavy atom. The number of allylic oxidation sites excluding steroid dienone is 1. The summed E-state index contributed by atoms with van der Waals surface area (Å²) in [7, 11) is 0. The highest BCUT2D eigenvalue weighted by Crippen LogP contribution is 2.20. The molecule has 4 rings (SSSR count). The SMILES string of the molecule is CCOc1ccccc1/C=C/C(=O)c1ccc(NC(=O)/C(=C/c2ccco2)NC(=O)c2ccccc2)cc1. The van der Waals surface area contributed by atoms with Crippen LogP contribution in [-0.4, -0.2) is 24.2 Å². The van der Waals surface area contributed by atoms with E-state index in [4.69, 9.17) is 9.15 Å². The first-order chi connectivity index (χ1) is 18.5. The van der Waals surface area contributed by atoms with E-state index in [-0.39, 0.29) is 11.5 Å². The molecule has 4 aromatic rings. The van der Waals surface area contributed by atoms with Gasteiger partial charge in [-0.3, -0.25) is 14.4 Å². The summed E-state index contributed by atoms with van der Waals surface area (Å²) in [6.07, 6.45) is 6.11. The van der Waals surface area contributed by atoms with Crippen molar-refractivity contribution in [2.24, 2.45) is 0 Å². The molecule has 0 spiro atoms. The zero-order valence-corrected chi connectivity index (χ0v) is 20.7. The molecule has 0 aliphatic heterocycles. The van der Waals surface area contributed by atoms with Crippen LogP contribution in [0, 0.1) is 0 Å². The Bertz CT molecular complexity index is 1450.